The van der Waals surface area contributed by atoms with Gasteiger partial charge in [0.25, 0.3) is 14.7 Å². The first kappa shape index (κ1) is 15.4. The maximum atomic E-state index is 12.0. The summed E-state index contributed by atoms with van der Waals surface area (Å²) in [7, 11) is 0.400. The Morgan fingerprint density at radius 2 is 2.00 bits per heavy atom. The molecule has 0 atom stereocenters. The predicted octanol–water partition coefficient (Wildman–Crippen LogP) is 2.12. The van der Waals surface area contributed by atoms with Gasteiger partial charge in [0.15, 0.2) is 4.90 Å². The highest BCUT2D eigenvalue weighted by Gasteiger charge is 2.36. The molecule has 0 N–H and O–H groups in total. The van der Waals surface area contributed by atoms with Crippen molar-refractivity contribution in [1.29, 1.82) is 0 Å². The van der Waals surface area contributed by atoms with E-state index in [4.69, 9.17) is 10.7 Å². The number of aromatic nitrogens is 1. The van der Waals surface area contributed by atoms with E-state index in [-0.39, 0.29) is 0 Å². The third-order valence-corrected chi connectivity index (χ3v) is 3.19. The molecular weight excluding hydrogens is 317 g/mol. The maximum Gasteiger partial charge on any atom is 0.574 e. The van der Waals surface area contributed by atoms with Crippen molar-refractivity contribution in [2.75, 3.05) is 0 Å². The Kier molecular flexibility index (Phi) is 3.91. The summed E-state index contributed by atoms with van der Waals surface area (Å²) < 4.78 is 61.6. The Balaban J connectivity index is 3.54. The van der Waals surface area contributed by atoms with Crippen LogP contribution in [0.4, 0.5) is 18.9 Å². The summed E-state index contributed by atoms with van der Waals surface area (Å²) >= 11 is 0. The molecule has 0 fully saturated rings. The van der Waals surface area contributed by atoms with Crippen molar-refractivity contribution < 1.29 is 31.2 Å². The Bertz CT molecular complexity index is 630. The molecule has 19 heavy (non-hydrogen) atoms. The van der Waals surface area contributed by atoms with Crippen LogP contribution in [0.25, 0.3) is 0 Å². The number of pyridine rings is 1. The summed E-state index contributed by atoms with van der Waals surface area (Å²) in [5.41, 5.74) is -1.83. The highest BCUT2D eigenvalue weighted by Crippen LogP contribution is 2.35. The molecule has 0 spiro atoms. The fourth-order valence-corrected chi connectivity index (χ4v) is 2.16. The monoisotopic (exact) mass is 320 g/mol. The number of halogens is 4. The van der Waals surface area contributed by atoms with Crippen LogP contribution >= 0.6 is 10.7 Å². The van der Waals surface area contributed by atoms with Gasteiger partial charge in [-0.1, -0.05) is 0 Å². The second-order valence-electron chi connectivity index (χ2n) is 3.14. The number of hydrogen-bond acceptors (Lipinski definition) is 6. The molecule has 0 amide bonds. The van der Waals surface area contributed by atoms with Gasteiger partial charge >= 0.3 is 6.36 Å². The van der Waals surface area contributed by atoms with Gasteiger partial charge in [-0.2, -0.15) is 0 Å². The molecule has 0 aliphatic rings. The van der Waals surface area contributed by atoms with Crippen LogP contribution in [-0.4, -0.2) is 24.7 Å². The van der Waals surface area contributed by atoms with Crippen LogP contribution in [0, 0.1) is 17.0 Å². The van der Waals surface area contributed by atoms with Gasteiger partial charge in [0, 0.05) is 10.7 Å². The van der Waals surface area contributed by atoms with Gasteiger partial charge in [0.05, 0.1) is 16.7 Å². The van der Waals surface area contributed by atoms with E-state index in [0.717, 1.165) is 6.92 Å². The summed E-state index contributed by atoms with van der Waals surface area (Å²) in [6, 6.07) is 0. The predicted molar refractivity (Wildman–Crippen MR) is 55.4 cm³/mol. The van der Waals surface area contributed by atoms with Crippen LogP contribution in [0.1, 0.15) is 5.56 Å². The lowest BCUT2D eigenvalue weighted by Crippen LogP contribution is -2.19. The largest absolute Gasteiger partial charge is 0.574 e. The first-order valence-corrected chi connectivity index (χ1v) is 6.59. The molecule has 0 aromatic carbocycles. The Morgan fingerprint density at radius 1 is 1.47 bits per heavy atom. The van der Waals surface area contributed by atoms with E-state index >= 15 is 0 Å². The van der Waals surface area contributed by atoms with Gasteiger partial charge < -0.3 is 4.74 Å². The fourth-order valence-electron chi connectivity index (χ4n) is 1.18. The minimum atomic E-state index is -5.12. The molecule has 106 valence electrons. The molecule has 0 radical (unpaired) electrons. The van der Waals surface area contributed by atoms with Crippen LogP contribution in [-0.2, 0) is 9.05 Å². The zero-order valence-electron chi connectivity index (χ0n) is 8.93. The second-order valence-corrected chi connectivity index (χ2v) is 5.68. The van der Waals surface area contributed by atoms with E-state index in [0.29, 0.717) is 6.20 Å². The highest BCUT2D eigenvalue weighted by molar-refractivity contribution is 8.13. The van der Waals surface area contributed by atoms with Crippen LogP contribution in [0.5, 0.6) is 5.88 Å². The number of nitro groups is 1. The van der Waals surface area contributed by atoms with Crippen LogP contribution in [0.15, 0.2) is 11.1 Å². The van der Waals surface area contributed by atoms with Crippen LogP contribution < -0.4 is 4.74 Å². The third kappa shape index (κ3) is 3.67. The first-order valence-electron chi connectivity index (χ1n) is 4.28. The molecule has 0 aliphatic carbocycles. The number of alkyl halides is 3. The van der Waals surface area contributed by atoms with E-state index in [1.54, 1.807) is 0 Å². The minimum Gasteiger partial charge on any atom is -0.387 e. The van der Waals surface area contributed by atoms with Gasteiger partial charge in [0.2, 0.25) is 5.88 Å². The number of hydrogen-bond donors (Lipinski definition) is 0. The maximum absolute atomic E-state index is 12.0. The lowest BCUT2D eigenvalue weighted by atomic mass is 10.2. The minimum absolute atomic E-state index is 0.328. The van der Waals surface area contributed by atoms with Crippen molar-refractivity contribution >= 4 is 25.4 Å². The zero-order valence-corrected chi connectivity index (χ0v) is 10.5. The Morgan fingerprint density at radius 3 is 2.37 bits per heavy atom. The SMILES string of the molecule is Cc1c(OC(F)(F)F)ncc(S(=O)(=O)Cl)c1[N+](=O)[O-]. The third-order valence-electron chi connectivity index (χ3n) is 1.87. The van der Waals surface area contributed by atoms with E-state index in [2.05, 4.69) is 9.72 Å². The number of nitrogens with zero attached hydrogens (tertiary/aromatic N) is 2. The standard InChI is InChI=1S/C7H4ClF3N2O5S/c1-3-5(13(14)15)4(19(8,16)17)2-12-6(3)18-7(9,10)11/h2H,1H3. The summed E-state index contributed by atoms with van der Waals surface area (Å²) in [4.78, 5) is 11.6. The molecule has 7 nitrogen and oxygen atoms in total. The molecule has 1 heterocycles. The summed E-state index contributed by atoms with van der Waals surface area (Å²) in [6.07, 6.45) is -4.79. The van der Waals surface area contributed by atoms with Crippen molar-refractivity contribution in [1.82, 2.24) is 4.98 Å². The van der Waals surface area contributed by atoms with E-state index < -0.39 is 42.4 Å². The normalized spacial score (nSPS) is 12.3. The van der Waals surface area contributed by atoms with Gasteiger partial charge in [-0.15, -0.1) is 13.2 Å². The number of rotatable bonds is 3. The topological polar surface area (TPSA) is 99.4 Å². The molecule has 1 aromatic heterocycles. The average Bonchev–Trinajstić information content (AvgIpc) is 2.16. The van der Waals surface area contributed by atoms with Crippen molar-refractivity contribution in [3.05, 3.63) is 21.9 Å². The van der Waals surface area contributed by atoms with Crippen molar-refractivity contribution in [2.24, 2.45) is 0 Å². The molecule has 0 saturated heterocycles. The van der Waals surface area contributed by atoms with Crippen LogP contribution in [0.2, 0.25) is 0 Å². The van der Waals surface area contributed by atoms with E-state index in [9.17, 15) is 31.7 Å². The molecular formula is C7H4ClF3N2O5S. The lowest BCUT2D eigenvalue weighted by molar-refractivity contribution is -0.388. The van der Waals surface area contributed by atoms with Gasteiger partial charge in [-0.05, 0) is 6.92 Å². The van der Waals surface area contributed by atoms with Crippen molar-refractivity contribution in [2.45, 2.75) is 18.2 Å². The van der Waals surface area contributed by atoms with Crippen molar-refractivity contribution in [3.8, 4) is 5.88 Å². The van der Waals surface area contributed by atoms with E-state index in [1.807, 2.05) is 0 Å². The second kappa shape index (κ2) is 4.81. The van der Waals surface area contributed by atoms with Crippen LogP contribution in [0.3, 0.4) is 0 Å². The fraction of sp³-hybridized carbons (Fsp3) is 0.286. The van der Waals surface area contributed by atoms with E-state index in [1.165, 1.54) is 0 Å². The quantitative estimate of drug-likeness (QED) is 0.480. The van der Waals surface area contributed by atoms with Gasteiger partial charge in [-0.3, -0.25) is 10.1 Å². The Hall–Kier alpha value is -1.62. The number of ether oxygens (including phenoxy) is 1. The lowest BCUT2D eigenvalue weighted by Gasteiger charge is -2.11. The molecule has 0 aliphatic heterocycles. The summed E-state index contributed by atoms with van der Waals surface area (Å²) in [5, 5.41) is 10.7. The van der Waals surface area contributed by atoms with Gasteiger partial charge in [0.1, 0.15) is 0 Å². The smallest absolute Gasteiger partial charge is 0.387 e. The molecule has 0 saturated carbocycles. The highest BCUT2D eigenvalue weighted by atomic mass is 35.7. The molecule has 0 bridgehead atoms. The first-order chi connectivity index (χ1) is 8.43. The van der Waals surface area contributed by atoms with Crippen molar-refractivity contribution in [3.63, 3.8) is 0 Å². The molecule has 1 aromatic rings. The molecule has 0 unspecified atom stereocenters. The molecule has 12 heteroatoms. The zero-order chi connectivity index (χ0) is 15.0. The average molecular weight is 321 g/mol. The summed E-state index contributed by atoms with van der Waals surface area (Å²) in [6.45, 7) is 0.859. The van der Waals surface area contributed by atoms with Gasteiger partial charge in [-0.25, -0.2) is 13.4 Å². The molecule has 1 rings (SSSR count). The summed E-state index contributed by atoms with van der Waals surface area (Å²) in [5.74, 6) is -1.12. The Labute approximate surface area is 108 Å².